The number of hydrogen-bond donors (Lipinski definition) is 0. The minimum absolute atomic E-state index is 0.165. The van der Waals surface area contributed by atoms with Gasteiger partial charge in [0.05, 0.1) is 0 Å². The molecule has 0 unspecified atom stereocenters. The quantitative estimate of drug-likeness (QED) is 0.337. The Morgan fingerprint density at radius 2 is 1.47 bits per heavy atom. The lowest BCUT2D eigenvalue weighted by Crippen LogP contribution is -2.19. The summed E-state index contributed by atoms with van der Waals surface area (Å²) in [4.78, 5) is 0. The monoisotopic (exact) mass is 480 g/mol. The van der Waals surface area contributed by atoms with Crippen molar-refractivity contribution in [2.24, 2.45) is 0 Å². The fourth-order valence-corrected chi connectivity index (χ4v) is 4.14. The first-order valence-corrected chi connectivity index (χ1v) is 10.6. The highest BCUT2D eigenvalue weighted by Crippen LogP contribution is 2.37. The van der Waals surface area contributed by atoms with E-state index in [1.807, 2.05) is 19.1 Å². The summed E-state index contributed by atoms with van der Waals surface area (Å²) in [6.45, 7) is 2.00. The van der Waals surface area contributed by atoms with Crippen molar-refractivity contribution in [3.8, 4) is 16.9 Å². The van der Waals surface area contributed by atoms with E-state index in [9.17, 15) is 30.7 Å². The average molecular weight is 480 g/mol. The second-order valence-corrected chi connectivity index (χ2v) is 8.09. The Balaban J connectivity index is 1.64. The van der Waals surface area contributed by atoms with E-state index in [0.717, 1.165) is 18.4 Å². The third-order valence-corrected chi connectivity index (χ3v) is 5.68. The first kappa shape index (κ1) is 23.9. The Bertz CT molecular complexity index is 1250. The molecule has 34 heavy (non-hydrogen) atoms. The fraction of sp³-hybridized carbons (Fsp3) is 0.231. The maximum atomic E-state index is 14.9. The normalized spacial score (nSPS) is 13.5. The van der Waals surface area contributed by atoms with Gasteiger partial charge in [0, 0.05) is 11.1 Å². The second kappa shape index (κ2) is 9.16. The molecular formula is C26H19F7O. The Morgan fingerprint density at radius 3 is 2.09 bits per heavy atom. The Labute approximate surface area is 191 Å². The van der Waals surface area contributed by atoms with Crippen LogP contribution in [0.4, 0.5) is 30.7 Å². The van der Waals surface area contributed by atoms with Crippen molar-refractivity contribution >= 4 is 5.57 Å². The van der Waals surface area contributed by atoms with Crippen LogP contribution >= 0.6 is 0 Å². The van der Waals surface area contributed by atoms with Crippen molar-refractivity contribution in [2.45, 2.75) is 39.0 Å². The van der Waals surface area contributed by atoms with Crippen LogP contribution in [0.1, 0.15) is 35.6 Å². The van der Waals surface area contributed by atoms with Gasteiger partial charge in [-0.3, -0.25) is 0 Å². The average Bonchev–Trinajstić information content (AvgIpc) is 2.75. The minimum Gasteiger partial charge on any atom is -0.399 e. The van der Waals surface area contributed by atoms with Crippen molar-refractivity contribution in [1.29, 1.82) is 0 Å². The van der Waals surface area contributed by atoms with Gasteiger partial charge in [0.2, 0.25) is 5.75 Å². The predicted octanol–water partition coefficient (Wildman–Crippen LogP) is 7.94. The smallest absolute Gasteiger partial charge is 0.399 e. The molecule has 4 rings (SSSR count). The number of hydrogen-bond acceptors (Lipinski definition) is 1. The summed E-state index contributed by atoms with van der Waals surface area (Å²) in [6, 6.07) is 8.84. The van der Waals surface area contributed by atoms with E-state index < -0.39 is 29.6 Å². The predicted molar refractivity (Wildman–Crippen MR) is 114 cm³/mol. The van der Waals surface area contributed by atoms with Gasteiger partial charge >= 0.3 is 6.36 Å². The molecule has 0 fully saturated rings. The highest BCUT2D eigenvalue weighted by Gasteiger charge is 2.34. The highest BCUT2D eigenvalue weighted by molar-refractivity contribution is 5.74. The van der Waals surface area contributed by atoms with Crippen LogP contribution in [0.15, 0.2) is 48.5 Å². The summed E-state index contributed by atoms with van der Waals surface area (Å²) in [5.74, 6) is -5.97. The van der Waals surface area contributed by atoms with E-state index in [0.29, 0.717) is 40.8 Å². The molecule has 178 valence electrons. The lowest BCUT2D eigenvalue weighted by atomic mass is 9.85. The fourth-order valence-electron chi connectivity index (χ4n) is 4.14. The van der Waals surface area contributed by atoms with Gasteiger partial charge in [0.1, 0.15) is 11.6 Å². The molecule has 0 aliphatic heterocycles. The summed E-state index contributed by atoms with van der Waals surface area (Å²) in [7, 11) is 0. The first-order valence-electron chi connectivity index (χ1n) is 10.6. The van der Waals surface area contributed by atoms with Gasteiger partial charge in [-0.25, -0.2) is 17.6 Å². The molecule has 1 nitrogen and oxygen atoms in total. The first-order chi connectivity index (χ1) is 16.1. The van der Waals surface area contributed by atoms with E-state index >= 15 is 0 Å². The third kappa shape index (κ3) is 4.95. The summed E-state index contributed by atoms with van der Waals surface area (Å²) in [5, 5.41) is 0. The Morgan fingerprint density at radius 1 is 0.794 bits per heavy atom. The van der Waals surface area contributed by atoms with Crippen LogP contribution in [0.3, 0.4) is 0 Å². The zero-order valence-electron chi connectivity index (χ0n) is 18.0. The molecule has 0 spiro atoms. The maximum Gasteiger partial charge on any atom is 0.573 e. The van der Waals surface area contributed by atoms with Gasteiger partial charge in [-0.05, 0) is 77.4 Å². The number of aryl methyl sites for hydroxylation is 1. The van der Waals surface area contributed by atoms with E-state index in [2.05, 4.69) is 4.74 Å². The molecule has 0 radical (unpaired) electrons. The minimum atomic E-state index is -5.28. The number of fused-ring (bicyclic) bond motifs is 1. The molecule has 0 aromatic heterocycles. The summed E-state index contributed by atoms with van der Waals surface area (Å²) in [5.41, 5.74) is 2.85. The lowest BCUT2D eigenvalue weighted by molar-refractivity contribution is -0.276. The van der Waals surface area contributed by atoms with Crippen molar-refractivity contribution in [1.82, 2.24) is 0 Å². The summed E-state index contributed by atoms with van der Waals surface area (Å²) in [6.07, 6.45) is -1.23. The number of ether oxygens (including phenoxy) is 1. The van der Waals surface area contributed by atoms with Crippen LogP contribution in [0.5, 0.6) is 5.75 Å². The number of halogens is 7. The molecule has 0 atom stereocenters. The molecular weight excluding hydrogens is 461 g/mol. The standard InChI is InChI=1S/C26H19F7O/c1-2-3-14-4-7-19(21(27)8-14)16-6-5-15-10-20(22(28)11-17(15)9-16)18-12-23(29)25(24(30)13-18)34-26(31,32)33/h4,6-8,10-13H,2-3,5,9H2,1H3. The molecule has 3 aromatic rings. The maximum absolute atomic E-state index is 14.9. The van der Waals surface area contributed by atoms with Crippen LogP contribution in [0.25, 0.3) is 16.7 Å². The van der Waals surface area contributed by atoms with Gasteiger partial charge in [0.25, 0.3) is 0 Å². The zero-order chi connectivity index (χ0) is 24.6. The van der Waals surface area contributed by atoms with E-state index in [1.54, 1.807) is 6.07 Å². The Hall–Kier alpha value is -3.29. The van der Waals surface area contributed by atoms with Crippen molar-refractivity contribution < 1.29 is 35.5 Å². The molecule has 1 aliphatic carbocycles. The molecule has 0 bridgehead atoms. The lowest BCUT2D eigenvalue weighted by Gasteiger charge is -2.20. The molecule has 0 heterocycles. The van der Waals surface area contributed by atoms with Crippen LogP contribution in [0.2, 0.25) is 0 Å². The van der Waals surface area contributed by atoms with Crippen LogP contribution < -0.4 is 4.74 Å². The second-order valence-electron chi connectivity index (χ2n) is 8.09. The third-order valence-electron chi connectivity index (χ3n) is 5.68. The van der Waals surface area contributed by atoms with Crippen LogP contribution in [-0.2, 0) is 19.3 Å². The van der Waals surface area contributed by atoms with E-state index in [4.69, 9.17) is 0 Å². The van der Waals surface area contributed by atoms with E-state index in [1.165, 1.54) is 18.2 Å². The Kier molecular flexibility index (Phi) is 6.43. The van der Waals surface area contributed by atoms with E-state index in [-0.39, 0.29) is 23.4 Å². The largest absolute Gasteiger partial charge is 0.573 e. The van der Waals surface area contributed by atoms with Gasteiger partial charge in [-0.2, -0.15) is 0 Å². The zero-order valence-corrected chi connectivity index (χ0v) is 18.0. The van der Waals surface area contributed by atoms with Gasteiger partial charge in [-0.15, -0.1) is 13.2 Å². The van der Waals surface area contributed by atoms with Gasteiger partial charge < -0.3 is 4.74 Å². The van der Waals surface area contributed by atoms with Crippen molar-refractivity contribution in [3.05, 3.63) is 94.1 Å². The molecule has 8 heteroatoms. The number of benzene rings is 3. The molecule has 0 saturated heterocycles. The summed E-state index contributed by atoms with van der Waals surface area (Å²) >= 11 is 0. The summed E-state index contributed by atoms with van der Waals surface area (Å²) < 4.78 is 98.3. The number of allylic oxidation sites excluding steroid dienone is 2. The highest BCUT2D eigenvalue weighted by atomic mass is 19.4. The molecule has 1 aliphatic rings. The number of rotatable bonds is 5. The SMILES string of the molecule is CCCc1ccc(C2=CCc3cc(-c4cc(F)c(OC(F)(F)F)c(F)c4)c(F)cc3C2)c(F)c1. The van der Waals surface area contributed by atoms with Crippen molar-refractivity contribution in [3.63, 3.8) is 0 Å². The molecule has 0 N–H and O–H groups in total. The van der Waals surface area contributed by atoms with Crippen LogP contribution in [-0.4, -0.2) is 6.36 Å². The number of alkyl halides is 3. The molecule has 3 aromatic carbocycles. The molecule has 0 amide bonds. The van der Waals surface area contributed by atoms with Crippen molar-refractivity contribution in [2.75, 3.05) is 0 Å². The van der Waals surface area contributed by atoms with Gasteiger partial charge in [0.15, 0.2) is 11.6 Å². The topological polar surface area (TPSA) is 9.23 Å². The van der Waals surface area contributed by atoms with Gasteiger partial charge in [-0.1, -0.05) is 31.6 Å². The molecule has 0 saturated carbocycles. The van der Waals surface area contributed by atoms with Crippen LogP contribution in [0, 0.1) is 23.3 Å².